The number of carbonyl (C=O) groups is 1. The Morgan fingerprint density at radius 3 is 2.88 bits per heavy atom. The van der Waals surface area contributed by atoms with Gasteiger partial charge in [-0.2, -0.15) is 5.10 Å². The topological polar surface area (TPSA) is 72.7 Å². The van der Waals surface area contributed by atoms with Crippen molar-refractivity contribution in [1.82, 2.24) is 25.1 Å². The Morgan fingerprint density at radius 2 is 2.12 bits per heavy atom. The van der Waals surface area contributed by atoms with E-state index in [9.17, 15) is 13.6 Å². The lowest BCUT2D eigenvalue weighted by Gasteiger charge is -2.04. The summed E-state index contributed by atoms with van der Waals surface area (Å²) < 4.78 is 28.0. The van der Waals surface area contributed by atoms with Gasteiger partial charge in [-0.25, -0.2) is 23.4 Å². The first kappa shape index (κ1) is 15.7. The summed E-state index contributed by atoms with van der Waals surface area (Å²) in [6.07, 6.45) is 4.56. The number of nitrogens with zero attached hydrogens (tertiary/aromatic N) is 4. The molecule has 6 nitrogen and oxygen atoms in total. The van der Waals surface area contributed by atoms with Crippen molar-refractivity contribution in [3.8, 4) is 5.69 Å². The van der Waals surface area contributed by atoms with Crippen LogP contribution in [0.2, 0.25) is 0 Å². The standard InChI is InChI=1S/C16H13F2N5O/c1-10-19-5-4-14(22-10)16(24)20-7-11-8-21-23(9-11)15-3-2-12(17)6-13(15)18/h2-6,8-9H,7H2,1H3,(H,20,24). The second kappa shape index (κ2) is 6.53. The number of nitrogens with one attached hydrogen (secondary N) is 1. The van der Waals surface area contributed by atoms with Crippen LogP contribution < -0.4 is 5.32 Å². The molecule has 0 aliphatic heterocycles. The molecule has 1 aromatic carbocycles. The Bertz CT molecular complexity index is 894. The molecule has 122 valence electrons. The van der Waals surface area contributed by atoms with Gasteiger partial charge < -0.3 is 5.32 Å². The molecule has 0 fully saturated rings. The molecule has 3 aromatic rings. The summed E-state index contributed by atoms with van der Waals surface area (Å²) in [6, 6.07) is 4.75. The molecule has 0 spiro atoms. The van der Waals surface area contributed by atoms with Crippen molar-refractivity contribution in [2.24, 2.45) is 0 Å². The van der Waals surface area contributed by atoms with Crippen LogP contribution >= 0.6 is 0 Å². The van der Waals surface area contributed by atoms with E-state index in [1.807, 2.05) is 0 Å². The maximum Gasteiger partial charge on any atom is 0.270 e. The smallest absolute Gasteiger partial charge is 0.270 e. The zero-order valence-corrected chi connectivity index (χ0v) is 12.7. The third-order valence-corrected chi connectivity index (χ3v) is 3.25. The minimum atomic E-state index is -0.717. The molecule has 1 amide bonds. The van der Waals surface area contributed by atoms with Gasteiger partial charge in [-0.3, -0.25) is 4.79 Å². The number of hydrogen-bond acceptors (Lipinski definition) is 4. The highest BCUT2D eigenvalue weighted by Crippen LogP contribution is 2.14. The molecule has 2 heterocycles. The molecule has 0 radical (unpaired) electrons. The predicted octanol–water partition coefficient (Wildman–Crippen LogP) is 2.18. The Kier molecular flexibility index (Phi) is 4.28. The highest BCUT2D eigenvalue weighted by atomic mass is 19.1. The summed E-state index contributed by atoms with van der Waals surface area (Å²) in [5.41, 5.74) is 1.05. The first-order valence-electron chi connectivity index (χ1n) is 7.10. The number of benzene rings is 1. The summed E-state index contributed by atoms with van der Waals surface area (Å²) in [6.45, 7) is 1.89. The number of aryl methyl sites for hydroxylation is 1. The van der Waals surface area contributed by atoms with E-state index in [4.69, 9.17) is 0 Å². The second-order valence-corrected chi connectivity index (χ2v) is 5.06. The third-order valence-electron chi connectivity index (χ3n) is 3.25. The van der Waals surface area contributed by atoms with Gasteiger partial charge in [0.25, 0.3) is 5.91 Å². The van der Waals surface area contributed by atoms with Crippen LogP contribution in [0, 0.1) is 18.6 Å². The quantitative estimate of drug-likeness (QED) is 0.796. The fourth-order valence-electron chi connectivity index (χ4n) is 2.11. The summed E-state index contributed by atoms with van der Waals surface area (Å²) in [5, 5.41) is 6.71. The monoisotopic (exact) mass is 329 g/mol. The second-order valence-electron chi connectivity index (χ2n) is 5.06. The average molecular weight is 329 g/mol. The van der Waals surface area contributed by atoms with Gasteiger partial charge >= 0.3 is 0 Å². The number of aromatic nitrogens is 4. The van der Waals surface area contributed by atoms with Gasteiger partial charge in [0.2, 0.25) is 0 Å². The van der Waals surface area contributed by atoms with Gasteiger partial charge in [-0.15, -0.1) is 0 Å². The van der Waals surface area contributed by atoms with Crippen molar-refractivity contribution < 1.29 is 13.6 Å². The van der Waals surface area contributed by atoms with E-state index in [2.05, 4.69) is 20.4 Å². The molecule has 0 saturated carbocycles. The van der Waals surface area contributed by atoms with Crippen LogP contribution in [0.5, 0.6) is 0 Å². The van der Waals surface area contributed by atoms with Crippen molar-refractivity contribution in [1.29, 1.82) is 0 Å². The Hall–Kier alpha value is -3.16. The van der Waals surface area contributed by atoms with E-state index in [1.54, 1.807) is 13.1 Å². The van der Waals surface area contributed by atoms with Crippen molar-refractivity contribution >= 4 is 5.91 Å². The molecule has 0 unspecified atom stereocenters. The third kappa shape index (κ3) is 3.43. The van der Waals surface area contributed by atoms with Gasteiger partial charge in [0.1, 0.15) is 23.0 Å². The summed E-state index contributed by atoms with van der Waals surface area (Å²) >= 11 is 0. The fourth-order valence-corrected chi connectivity index (χ4v) is 2.11. The zero-order chi connectivity index (χ0) is 17.1. The van der Waals surface area contributed by atoms with Gasteiger partial charge in [-0.1, -0.05) is 0 Å². The van der Waals surface area contributed by atoms with Gasteiger partial charge in [0.05, 0.1) is 6.20 Å². The molecular weight excluding hydrogens is 316 g/mol. The van der Waals surface area contributed by atoms with Crippen molar-refractivity contribution in [2.75, 3.05) is 0 Å². The average Bonchev–Trinajstić information content (AvgIpc) is 3.01. The number of hydrogen-bond donors (Lipinski definition) is 1. The lowest BCUT2D eigenvalue weighted by molar-refractivity contribution is 0.0945. The van der Waals surface area contributed by atoms with E-state index in [-0.39, 0.29) is 23.8 Å². The van der Waals surface area contributed by atoms with Crippen molar-refractivity contribution in [3.63, 3.8) is 0 Å². The minimum Gasteiger partial charge on any atom is -0.347 e. The summed E-state index contributed by atoms with van der Waals surface area (Å²) in [7, 11) is 0. The summed E-state index contributed by atoms with van der Waals surface area (Å²) in [5.74, 6) is -1.22. The first-order valence-corrected chi connectivity index (χ1v) is 7.10. The Morgan fingerprint density at radius 1 is 1.29 bits per heavy atom. The molecule has 0 atom stereocenters. The van der Waals surface area contributed by atoms with Crippen LogP contribution in [-0.2, 0) is 6.54 Å². The van der Waals surface area contributed by atoms with Crippen LogP contribution in [0.3, 0.4) is 0 Å². The van der Waals surface area contributed by atoms with E-state index in [0.717, 1.165) is 12.1 Å². The Labute approximate surface area is 136 Å². The normalized spacial score (nSPS) is 10.6. The van der Waals surface area contributed by atoms with Crippen LogP contribution in [0.25, 0.3) is 5.69 Å². The molecule has 0 aliphatic rings. The molecular formula is C16H13F2N5O. The van der Waals surface area contributed by atoms with Crippen LogP contribution in [0.4, 0.5) is 8.78 Å². The van der Waals surface area contributed by atoms with E-state index < -0.39 is 11.6 Å². The number of rotatable bonds is 4. The largest absolute Gasteiger partial charge is 0.347 e. The lowest BCUT2D eigenvalue weighted by atomic mass is 10.3. The molecule has 0 bridgehead atoms. The highest BCUT2D eigenvalue weighted by Gasteiger charge is 2.10. The fraction of sp³-hybridized carbons (Fsp3) is 0.125. The Balaban J connectivity index is 1.69. The van der Waals surface area contributed by atoms with E-state index >= 15 is 0 Å². The van der Waals surface area contributed by atoms with Crippen molar-refractivity contribution in [3.05, 3.63) is 71.6 Å². The molecule has 0 aliphatic carbocycles. The molecule has 2 aromatic heterocycles. The van der Waals surface area contributed by atoms with Crippen molar-refractivity contribution in [2.45, 2.75) is 13.5 Å². The number of amides is 1. The van der Waals surface area contributed by atoms with E-state index in [0.29, 0.717) is 11.4 Å². The molecule has 3 rings (SSSR count). The number of halogens is 2. The minimum absolute atomic E-state index is 0.125. The molecule has 24 heavy (non-hydrogen) atoms. The van der Waals surface area contributed by atoms with Gasteiger partial charge in [0, 0.05) is 30.6 Å². The van der Waals surface area contributed by atoms with Gasteiger partial charge in [-0.05, 0) is 25.1 Å². The highest BCUT2D eigenvalue weighted by molar-refractivity contribution is 5.92. The van der Waals surface area contributed by atoms with Crippen LogP contribution in [0.1, 0.15) is 21.9 Å². The maximum absolute atomic E-state index is 13.7. The SMILES string of the molecule is Cc1nccc(C(=O)NCc2cnn(-c3ccc(F)cc3F)c2)n1. The predicted molar refractivity (Wildman–Crippen MR) is 81.4 cm³/mol. The lowest BCUT2D eigenvalue weighted by Crippen LogP contribution is -2.24. The first-order chi connectivity index (χ1) is 11.5. The molecule has 1 N–H and O–H groups in total. The molecule has 8 heteroatoms. The van der Waals surface area contributed by atoms with Crippen LogP contribution in [-0.4, -0.2) is 25.7 Å². The molecule has 0 saturated heterocycles. The number of carbonyl (C=O) groups excluding carboxylic acids is 1. The zero-order valence-electron chi connectivity index (χ0n) is 12.7. The summed E-state index contributed by atoms with van der Waals surface area (Å²) in [4.78, 5) is 20.0. The van der Waals surface area contributed by atoms with E-state index in [1.165, 1.54) is 29.2 Å². The maximum atomic E-state index is 13.7. The van der Waals surface area contributed by atoms with Gasteiger partial charge in [0.15, 0.2) is 5.82 Å². The van der Waals surface area contributed by atoms with Crippen LogP contribution in [0.15, 0.2) is 42.9 Å².